The molecule has 1 N–H and O–H groups in total. The molecule has 0 saturated carbocycles. The highest BCUT2D eigenvalue weighted by atomic mass is 16.5. The van der Waals surface area contributed by atoms with Crippen molar-refractivity contribution in [3.63, 3.8) is 0 Å². The third-order valence-electron chi connectivity index (χ3n) is 3.17. The van der Waals surface area contributed by atoms with E-state index in [0.29, 0.717) is 6.61 Å². The second kappa shape index (κ2) is 6.28. The summed E-state index contributed by atoms with van der Waals surface area (Å²) in [6, 6.07) is 14.5. The Kier molecular flexibility index (Phi) is 4.45. The lowest BCUT2D eigenvalue weighted by Crippen LogP contribution is -1.98. The lowest BCUT2D eigenvalue weighted by Gasteiger charge is -2.14. The van der Waals surface area contributed by atoms with Crippen LogP contribution in [0.25, 0.3) is 0 Å². The Morgan fingerprint density at radius 2 is 1.74 bits per heavy atom. The molecule has 2 aromatic carbocycles. The van der Waals surface area contributed by atoms with Crippen LogP contribution in [0.4, 0.5) is 11.4 Å². The molecule has 0 fully saturated rings. The summed E-state index contributed by atoms with van der Waals surface area (Å²) < 4.78 is 5.45. The van der Waals surface area contributed by atoms with E-state index in [-0.39, 0.29) is 0 Å². The molecule has 0 spiro atoms. The quantitative estimate of drug-likeness (QED) is 0.836. The minimum absolute atomic E-state index is 0.699. The van der Waals surface area contributed by atoms with Crippen LogP contribution in [0.5, 0.6) is 5.75 Å². The molecule has 0 aliphatic rings. The van der Waals surface area contributed by atoms with E-state index in [1.165, 1.54) is 16.8 Å². The molecule has 0 aromatic heterocycles. The van der Waals surface area contributed by atoms with E-state index in [9.17, 15) is 0 Å². The van der Waals surface area contributed by atoms with Crippen LogP contribution in [0.1, 0.15) is 25.0 Å². The second-order valence-corrected chi connectivity index (χ2v) is 4.54. The van der Waals surface area contributed by atoms with E-state index in [1.807, 2.05) is 19.1 Å². The topological polar surface area (TPSA) is 21.3 Å². The van der Waals surface area contributed by atoms with E-state index in [4.69, 9.17) is 4.74 Å². The standard InChI is InChI=1S/C17H21NO/c1-4-14-8-6-7-13(3)17(14)18-15-9-11-16(12-10-15)19-5-2/h6-12,18H,4-5H2,1-3H3. The van der Waals surface area contributed by atoms with Gasteiger partial charge in [0.1, 0.15) is 5.75 Å². The molecule has 0 unspecified atom stereocenters. The van der Waals surface area contributed by atoms with Gasteiger partial charge in [-0.25, -0.2) is 0 Å². The van der Waals surface area contributed by atoms with Gasteiger partial charge in [-0.3, -0.25) is 0 Å². The highest BCUT2D eigenvalue weighted by Crippen LogP contribution is 2.26. The van der Waals surface area contributed by atoms with Crippen LogP contribution in [0, 0.1) is 6.92 Å². The van der Waals surface area contributed by atoms with Crippen molar-refractivity contribution in [3.05, 3.63) is 53.6 Å². The average molecular weight is 255 g/mol. The monoisotopic (exact) mass is 255 g/mol. The number of anilines is 2. The van der Waals surface area contributed by atoms with Crippen LogP contribution in [0.15, 0.2) is 42.5 Å². The number of ether oxygens (including phenoxy) is 1. The molecule has 0 aliphatic carbocycles. The van der Waals surface area contributed by atoms with Gasteiger partial charge in [0.25, 0.3) is 0 Å². The molecule has 0 heterocycles. The smallest absolute Gasteiger partial charge is 0.119 e. The lowest BCUT2D eigenvalue weighted by molar-refractivity contribution is 0.340. The molecule has 2 rings (SSSR count). The summed E-state index contributed by atoms with van der Waals surface area (Å²) in [4.78, 5) is 0. The molecular formula is C17H21NO. The van der Waals surface area contributed by atoms with Crippen molar-refractivity contribution in [1.82, 2.24) is 0 Å². The van der Waals surface area contributed by atoms with Crippen LogP contribution in [0.2, 0.25) is 0 Å². The zero-order chi connectivity index (χ0) is 13.7. The number of para-hydroxylation sites is 1. The summed E-state index contributed by atoms with van der Waals surface area (Å²) >= 11 is 0. The molecule has 0 amide bonds. The highest BCUT2D eigenvalue weighted by molar-refractivity contribution is 5.67. The molecule has 0 aliphatic heterocycles. The van der Waals surface area contributed by atoms with Gasteiger partial charge in [0.2, 0.25) is 0 Å². The van der Waals surface area contributed by atoms with Gasteiger partial charge in [-0.1, -0.05) is 25.1 Å². The van der Waals surface area contributed by atoms with Gasteiger partial charge in [0.05, 0.1) is 6.61 Å². The Labute approximate surface area is 115 Å². The normalized spacial score (nSPS) is 10.3. The summed E-state index contributed by atoms with van der Waals surface area (Å²) in [5, 5.41) is 3.51. The van der Waals surface area contributed by atoms with Crippen molar-refractivity contribution in [2.24, 2.45) is 0 Å². The van der Waals surface area contributed by atoms with Crippen molar-refractivity contribution >= 4 is 11.4 Å². The first-order valence-electron chi connectivity index (χ1n) is 6.83. The van der Waals surface area contributed by atoms with Crippen molar-refractivity contribution in [1.29, 1.82) is 0 Å². The molecule has 19 heavy (non-hydrogen) atoms. The Morgan fingerprint density at radius 3 is 2.37 bits per heavy atom. The Hall–Kier alpha value is -1.96. The van der Waals surface area contributed by atoms with Gasteiger partial charge in [0.15, 0.2) is 0 Å². The van der Waals surface area contributed by atoms with Gasteiger partial charge >= 0.3 is 0 Å². The minimum atomic E-state index is 0.699. The number of hydrogen-bond donors (Lipinski definition) is 1. The predicted molar refractivity (Wildman–Crippen MR) is 81.5 cm³/mol. The predicted octanol–water partition coefficient (Wildman–Crippen LogP) is 4.70. The summed E-state index contributed by atoms with van der Waals surface area (Å²) in [5.74, 6) is 0.911. The van der Waals surface area contributed by atoms with Gasteiger partial charge in [0, 0.05) is 11.4 Å². The first-order chi connectivity index (χ1) is 9.24. The van der Waals surface area contributed by atoms with E-state index in [0.717, 1.165) is 17.9 Å². The third kappa shape index (κ3) is 3.28. The summed E-state index contributed by atoms with van der Waals surface area (Å²) in [6.45, 7) is 7.01. The van der Waals surface area contributed by atoms with Crippen LogP contribution in [-0.4, -0.2) is 6.61 Å². The lowest BCUT2D eigenvalue weighted by atomic mass is 10.1. The first kappa shape index (κ1) is 13.5. The summed E-state index contributed by atoms with van der Waals surface area (Å²) in [6.07, 6.45) is 1.03. The zero-order valence-electron chi connectivity index (χ0n) is 11.9. The Bertz CT molecular complexity index is 531. The Morgan fingerprint density at radius 1 is 1.00 bits per heavy atom. The molecule has 2 nitrogen and oxygen atoms in total. The highest BCUT2D eigenvalue weighted by Gasteiger charge is 2.04. The maximum atomic E-state index is 5.45. The van der Waals surface area contributed by atoms with Crippen molar-refractivity contribution < 1.29 is 4.74 Å². The first-order valence-corrected chi connectivity index (χ1v) is 6.83. The molecule has 2 aromatic rings. The molecular weight excluding hydrogens is 234 g/mol. The van der Waals surface area contributed by atoms with Gasteiger partial charge in [-0.05, 0) is 55.7 Å². The summed E-state index contributed by atoms with van der Waals surface area (Å²) in [7, 11) is 0. The van der Waals surface area contributed by atoms with Crippen LogP contribution < -0.4 is 10.1 Å². The third-order valence-corrected chi connectivity index (χ3v) is 3.17. The van der Waals surface area contributed by atoms with E-state index in [2.05, 4.69) is 49.5 Å². The fourth-order valence-corrected chi connectivity index (χ4v) is 2.15. The molecule has 0 bridgehead atoms. The number of benzene rings is 2. The van der Waals surface area contributed by atoms with Gasteiger partial charge < -0.3 is 10.1 Å². The molecule has 0 radical (unpaired) electrons. The minimum Gasteiger partial charge on any atom is -0.494 e. The number of nitrogens with one attached hydrogen (secondary N) is 1. The van der Waals surface area contributed by atoms with Crippen molar-refractivity contribution in [2.75, 3.05) is 11.9 Å². The molecule has 100 valence electrons. The fourth-order valence-electron chi connectivity index (χ4n) is 2.15. The van der Waals surface area contributed by atoms with E-state index >= 15 is 0 Å². The summed E-state index contributed by atoms with van der Waals surface area (Å²) in [5.41, 5.74) is 4.92. The number of aryl methyl sites for hydroxylation is 2. The molecule has 0 atom stereocenters. The second-order valence-electron chi connectivity index (χ2n) is 4.54. The average Bonchev–Trinajstić information content (AvgIpc) is 2.43. The van der Waals surface area contributed by atoms with Crippen molar-refractivity contribution in [2.45, 2.75) is 27.2 Å². The van der Waals surface area contributed by atoms with Crippen LogP contribution in [0.3, 0.4) is 0 Å². The number of rotatable bonds is 5. The van der Waals surface area contributed by atoms with Crippen LogP contribution >= 0.6 is 0 Å². The fraction of sp³-hybridized carbons (Fsp3) is 0.294. The largest absolute Gasteiger partial charge is 0.494 e. The van der Waals surface area contributed by atoms with E-state index < -0.39 is 0 Å². The molecule has 0 saturated heterocycles. The number of hydrogen-bond acceptors (Lipinski definition) is 2. The van der Waals surface area contributed by atoms with E-state index in [1.54, 1.807) is 0 Å². The van der Waals surface area contributed by atoms with Gasteiger partial charge in [-0.2, -0.15) is 0 Å². The van der Waals surface area contributed by atoms with Crippen LogP contribution in [-0.2, 0) is 6.42 Å². The Balaban J connectivity index is 2.21. The SMILES string of the molecule is CCOc1ccc(Nc2c(C)cccc2CC)cc1. The van der Waals surface area contributed by atoms with Gasteiger partial charge in [-0.15, -0.1) is 0 Å². The maximum Gasteiger partial charge on any atom is 0.119 e. The maximum absolute atomic E-state index is 5.45. The zero-order valence-corrected chi connectivity index (χ0v) is 11.9. The molecule has 2 heteroatoms. The van der Waals surface area contributed by atoms with Crippen molar-refractivity contribution in [3.8, 4) is 5.75 Å².